The molecule has 0 bridgehead atoms. The number of nitrogens with one attached hydrogen (secondary N) is 1. The van der Waals surface area contributed by atoms with Crippen molar-refractivity contribution in [2.45, 2.75) is 13.0 Å². The lowest BCUT2D eigenvalue weighted by atomic mass is 10.0. The van der Waals surface area contributed by atoms with Gasteiger partial charge in [-0.3, -0.25) is 9.59 Å². The number of amides is 1. The van der Waals surface area contributed by atoms with E-state index in [4.69, 9.17) is 10.8 Å². The highest BCUT2D eigenvalue weighted by Gasteiger charge is 2.06. The molecule has 0 aliphatic heterocycles. The smallest absolute Gasteiger partial charge is 0.307 e. The predicted octanol–water partition coefficient (Wildman–Crippen LogP) is 2.02. The molecule has 2 rings (SSSR count). The van der Waals surface area contributed by atoms with E-state index in [2.05, 4.69) is 5.32 Å². The van der Waals surface area contributed by atoms with E-state index in [0.29, 0.717) is 12.1 Å². The number of hydrogen-bond acceptors (Lipinski definition) is 3. The van der Waals surface area contributed by atoms with E-state index < -0.39 is 11.9 Å². The number of carboxylic acids is 1. The Morgan fingerprint density at radius 3 is 2.43 bits per heavy atom. The van der Waals surface area contributed by atoms with E-state index in [1.54, 1.807) is 24.3 Å². The van der Waals surface area contributed by atoms with E-state index >= 15 is 0 Å². The number of nitrogens with two attached hydrogens (primary N) is 1. The van der Waals surface area contributed by atoms with Crippen molar-refractivity contribution in [3.63, 3.8) is 0 Å². The molecular weight excluding hydrogens is 268 g/mol. The van der Waals surface area contributed by atoms with E-state index in [-0.39, 0.29) is 6.42 Å². The van der Waals surface area contributed by atoms with E-state index in [0.717, 1.165) is 16.8 Å². The second-order valence-corrected chi connectivity index (χ2v) is 4.64. The Morgan fingerprint density at radius 1 is 1.05 bits per heavy atom. The lowest BCUT2D eigenvalue weighted by Crippen LogP contribution is -2.11. The first-order chi connectivity index (χ1) is 10.1. The average Bonchev–Trinajstić information content (AvgIpc) is 2.46. The van der Waals surface area contributed by atoms with Crippen LogP contribution in [0.1, 0.15) is 21.5 Å². The molecule has 0 saturated heterocycles. The summed E-state index contributed by atoms with van der Waals surface area (Å²) in [7, 11) is 0. The quantitative estimate of drug-likeness (QED) is 0.756. The topological polar surface area (TPSA) is 92.4 Å². The minimum absolute atomic E-state index is 0.0147. The van der Waals surface area contributed by atoms with Gasteiger partial charge < -0.3 is 16.2 Å². The number of carboxylic acid groups (broad SMARTS) is 1. The summed E-state index contributed by atoms with van der Waals surface area (Å²) in [5.74, 6) is -1.34. The molecule has 0 aromatic heterocycles. The molecule has 0 spiro atoms. The molecule has 5 nitrogen and oxygen atoms in total. The monoisotopic (exact) mass is 284 g/mol. The van der Waals surface area contributed by atoms with Crippen molar-refractivity contribution in [1.82, 2.24) is 0 Å². The second-order valence-electron chi connectivity index (χ2n) is 4.64. The fraction of sp³-hybridized carbons (Fsp3) is 0.125. The number of hydrogen-bond donors (Lipinski definition) is 3. The van der Waals surface area contributed by atoms with Gasteiger partial charge in [-0.15, -0.1) is 0 Å². The highest BCUT2D eigenvalue weighted by molar-refractivity contribution is 5.93. The van der Waals surface area contributed by atoms with E-state index in [1.165, 1.54) is 0 Å². The molecule has 0 aliphatic rings. The third kappa shape index (κ3) is 4.07. The minimum Gasteiger partial charge on any atom is -0.481 e. The molecule has 1 amide bonds. The third-order valence-corrected chi connectivity index (χ3v) is 3.09. The highest BCUT2D eigenvalue weighted by Crippen LogP contribution is 2.15. The van der Waals surface area contributed by atoms with E-state index in [9.17, 15) is 9.59 Å². The maximum absolute atomic E-state index is 11.1. The van der Waals surface area contributed by atoms with Crippen LogP contribution in [0.4, 0.5) is 5.69 Å². The number of primary amides is 1. The van der Waals surface area contributed by atoms with Gasteiger partial charge in [-0.05, 0) is 29.3 Å². The molecular formula is C16H16N2O3. The summed E-state index contributed by atoms with van der Waals surface area (Å²) in [6.07, 6.45) is -0.0147. The van der Waals surface area contributed by atoms with Crippen LogP contribution in [0.3, 0.4) is 0 Å². The molecule has 0 radical (unpaired) electrons. The van der Waals surface area contributed by atoms with Gasteiger partial charge in [-0.2, -0.15) is 0 Å². The van der Waals surface area contributed by atoms with Crippen LogP contribution in [0.5, 0.6) is 0 Å². The first-order valence-electron chi connectivity index (χ1n) is 6.48. The highest BCUT2D eigenvalue weighted by atomic mass is 16.4. The average molecular weight is 284 g/mol. The number of anilines is 1. The molecule has 4 N–H and O–H groups in total. The zero-order valence-corrected chi connectivity index (χ0v) is 11.4. The minimum atomic E-state index is -0.863. The summed E-state index contributed by atoms with van der Waals surface area (Å²) in [4.78, 5) is 22.0. The van der Waals surface area contributed by atoms with Gasteiger partial charge in [0.15, 0.2) is 0 Å². The molecule has 0 fully saturated rings. The molecule has 108 valence electrons. The van der Waals surface area contributed by atoms with Crippen LogP contribution in [-0.2, 0) is 17.8 Å². The maximum Gasteiger partial charge on any atom is 0.307 e. The summed E-state index contributed by atoms with van der Waals surface area (Å²) in [5.41, 5.74) is 8.10. The maximum atomic E-state index is 11.1. The largest absolute Gasteiger partial charge is 0.481 e. The van der Waals surface area contributed by atoms with Crippen molar-refractivity contribution in [1.29, 1.82) is 0 Å². The Kier molecular flexibility index (Phi) is 4.56. The number of rotatable bonds is 6. The van der Waals surface area contributed by atoms with Crippen LogP contribution < -0.4 is 11.1 Å². The lowest BCUT2D eigenvalue weighted by molar-refractivity contribution is -0.136. The van der Waals surface area contributed by atoms with Crippen molar-refractivity contribution in [2.24, 2.45) is 5.73 Å². The zero-order valence-electron chi connectivity index (χ0n) is 11.4. The number of carbonyl (C=O) groups is 2. The molecule has 21 heavy (non-hydrogen) atoms. The van der Waals surface area contributed by atoms with Gasteiger partial charge >= 0.3 is 5.97 Å². The predicted molar refractivity (Wildman–Crippen MR) is 80.1 cm³/mol. The Bertz CT molecular complexity index is 668. The van der Waals surface area contributed by atoms with Crippen LogP contribution in [-0.4, -0.2) is 17.0 Å². The van der Waals surface area contributed by atoms with Gasteiger partial charge in [0, 0.05) is 17.8 Å². The van der Waals surface area contributed by atoms with Crippen LogP contribution in [0.25, 0.3) is 0 Å². The van der Waals surface area contributed by atoms with Gasteiger partial charge in [-0.1, -0.05) is 30.3 Å². The van der Waals surface area contributed by atoms with Crippen molar-refractivity contribution < 1.29 is 14.7 Å². The molecule has 0 aliphatic carbocycles. The van der Waals surface area contributed by atoms with Crippen LogP contribution >= 0.6 is 0 Å². The number of carbonyl (C=O) groups excluding carboxylic acids is 1. The SMILES string of the molecule is NC(=O)c1cccc(NCc2ccccc2CC(=O)O)c1. The summed E-state index contributed by atoms with van der Waals surface area (Å²) in [6.45, 7) is 0.478. The fourth-order valence-corrected chi connectivity index (χ4v) is 2.05. The Balaban J connectivity index is 2.11. The second kappa shape index (κ2) is 6.56. The zero-order chi connectivity index (χ0) is 15.2. The molecule has 5 heteroatoms. The van der Waals surface area contributed by atoms with Crippen molar-refractivity contribution in [3.05, 3.63) is 65.2 Å². The first kappa shape index (κ1) is 14.6. The summed E-state index contributed by atoms with van der Waals surface area (Å²) >= 11 is 0. The van der Waals surface area contributed by atoms with Gasteiger partial charge in [0.2, 0.25) is 5.91 Å². The first-order valence-corrected chi connectivity index (χ1v) is 6.48. The van der Waals surface area contributed by atoms with Crippen LogP contribution in [0, 0.1) is 0 Å². The summed E-state index contributed by atoms with van der Waals surface area (Å²) in [5, 5.41) is 12.1. The Labute approximate surface area is 122 Å². The van der Waals surface area contributed by atoms with Crippen molar-refractivity contribution in [3.8, 4) is 0 Å². The standard InChI is InChI=1S/C16H16N2O3/c17-16(21)12-6-3-7-14(8-12)18-10-13-5-2-1-4-11(13)9-15(19)20/h1-8,18H,9-10H2,(H2,17,21)(H,19,20). The molecule has 0 unspecified atom stereocenters. The summed E-state index contributed by atoms with van der Waals surface area (Å²) < 4.78 is 0. The van der Waals surface area contributed by atoms with Gasteiger partial charge in [0.05, 0.1) is 6.42 Å². The molecule has 2 aromatic rings. The normalized spacial score (nSPS) is 10.1. The van der Waals surface area contributed by atoms with Crippen LogP contribution in [0.15, 0.2) is 48.5 Å². The van der Waals surface area contributed by atoms with Gasteiger partial charge in [0.25, 0.3) is 0 Å². The van der Waals surface area contributed by atoms with Crippen LogP contribution in [0.2, 0.25) is 0 Å². The van der Waals surface area contributed by atoms with Gasteiger partial charge in [0.1, 0.15) is 0 Å². The van der Waals surface area contributed by atoms with Crippen molar-refractivity contribution in [2.75, 3.05) is 5.32 Å². The fourth-order valence-electron chi connectivity index (χ4n) is 2.05. The van der Waals surface area contributed by atoms with Gasteiger partial charge in [-0.25, -0.2) is 0 Å². The Morgan fingerprint density at radius 2 is 1.76 bits per heavy atom. The third-order valence-electron chi connectivity index (χ3n) is 3.09. The molecule has 0 atom stereocenters. The number of aliphatic carboxylic acids is 1. The van der Waals surface area contributed by atoms with E-state index in [1.807, 2.05) is 24.3 Å². The molecule has 0 saturated carbocycles. The van der Waals surface area contributed by atoms with Crippen molar-refractivity contribution >= 4 is 17.6 Å². The molecule has 2 aromatic carbocycles. The number of benzene rings is 2. The molecule has 0 heterocycles. The summed E-state index contributed by atoms with van der Waals surface area (Å²) in [6, 6.07) is 14.2. The Hall–Kier alpha value is -2.82. The lowest BCUT2D eigenvalue weighted by Gasteiger charge is -2.11.